The molecule has 0 radical (unpaired) electrons. The number of carbonyl (C=O) groups excluding carboxylic acids is 1. The molecule has 1 saturated heterocycles. The highest BCUT2D eigenvalue weighted by Gasteiger charge is 2.37. The molecule has 1 amide bonds. The molecule has 11 heteroatoms. The highest BCUT2D eigenvalue weighted by molar-refractivity contribution is 7.89. The molecular formula is C20H22ClN3O5S2. The van der Waals surface area contributed by atoms with Gasteiger partial charge >= 0.3 is 0 Å². The summed E-state index contributed by atoms with van der Waals surface area (Å²) in [5.74, 6) is -0.176. The summed E-state index contributed by atoms with van der Waals surface area (Å²) in [5.41, 5.74) is 0.866. The molecule has 0 spiro atoms. The lowest BCUT2D eigenvalue weighted by Crippen LogP contribution is -2.46. The van der Waals surface area contributed by atoms with Crippen LogP contribution in [0, 0.1) is 16.0 Å². The van der Waals surface area contributed by atoms with Crippen LogP contribution in [0.1, 0.15) is 36.2 Å². The predicted octanol–water partition coefficient (Wildman–Crippen LogP) is 3.86. The van der Waals surface area contributed by atoms with Gasteiger partial charge in [-0.3, -0.25) is 14.9 Å². The minimum atomic E-state index is -3.99. The van der Waals surface area contributed by atoms with Crippen LogP contribution >= 0.6 is 22.9 Å². The van der Waals surface area contributed by atoms with Crippen molar-refractivity contribution < 1.29 is 18.1 Å². The van der Waals surface area contributed by atoms with E-state index < -0.39 is 14.9 Å². The van der Waals surface area contributed by atoms with E-state index in [1.54, 1.807) is 11.3 Å². The number of sulfonamides is 1. The van der Waals surface area contributed by atoms with Crippen LogP contribution in [-0.4, -0.2) is 48.1 Å². The van der Waals surface area contributed by atoms with Crippen molar-refractivity contribution in [2.24, 2.45) is 5.92 Å². The molecule has 8 nitrogen and oxygen atoms in total. The molecule has 166 valence electrons. The fraction of sp³-hybridized carbons (Fsp3) is 0.450. The first-order chi connectivity index (χ1) is 14.7. The van der Waals surface area contributed by atoms with Crippen molar-refractivity contribution in [1.29, 1.82) is 0 Å². The number of nitro groups is 1. The summed E-state index contributed by atoms with van der Waals surface area (Å²) in [7, 11) is -3.99. The van der Waals surface area contributed by atoms with Crippen molar-refractivity contribution in [1.82, 2.24) is 9.21 Å². The lowest BCUT2D eigenvalue weighted by Gasteiger charge is -2.38. The predicted molar refractivity (Wildman–Crippen MR) is 118 cm³/mol. The van der Waals surface area contributed by atoms with Crippen molar-refractivity contribution in [3.05, 3.63) is 55.2 Å². The molecule has 31 heavy (non-hydrogen) atoms. The number of fused-ring (bicyclic) bond motifs is 1. The minimum Gasteiger partial charge on any atom is -0.335 e. The van der Waals surface area contributed by atoms with Crippen LogP contribution in [0.25, 0.3) is 0 Å². The number of non-ortho nitro benzene ring substituents is 1. The summed E-state index contributed by atoms with van der Waals surface area (Å²) >= 11 is 7.76. The molecule has 3 heterocycles. The first kappa shape index (κ1) is 22.2. The number of hydrogen-bond acceptors (Lipinski definition) is 6. The standard InChI is InChI=1S/C20H22ClN3O5S2/c1-13-16-7-11-30-18(16)6-10-23(13)20(25)14-4-8-22(9-5-14)31(28,29)19-12-15(24(26)27)2-3-17(19)21/h2-3,7,11-14H,4-6,8-10H2,1H3/t13-/m0/s1. The molecule has 2 aliphatic heterocycles. The van der Waals surface area contributed by atoms with Gasteiger partial charge in [-0.05, 0) is 49.3 Å². The first-order valence-corrected chi connectivity index (χ1v) is 12.7. The molecule has 0 bridgehead atoms. The number of thiophene rings is 1. The van der Waals surface area contributed by atoms with Crippen molar-refractivity contribution in [2.75, 3.05) is 19.6 Å². The SMILES string of the molecule is C[C@H]1c2ccsc2CCN1C(=O)C1CCN(S(=O)(=O)c2cc([N+](=O)[O-])ccc2Cl)CC1. The van der Waals surface area contributed by atoms with Gasteiger partial charge in [0.05, 0.1) is 16.0 Å². The average Bonchev–Trinajstić information content (AvgIpc) is 3.23. The van der Waals surface area contributed by atoms with Gasteiger partial charge in [0.25, 0.3) is 5.69 Å². The van der Waals surface area contributed by atoms with Crippen molar-refractivity contribution in [2.45, 2.75) is 37.1 Å². The number of amides is 1. The van der Waals surface area contributed by atoms with Crippen molar-refractivity contribution >= 4 is 44.6 Å². The number of nitrogens with zero attached hydrogens (tertiary/aromatic N) is 3. The fourth-order valence-corrected chi connectivity index (χ4v) is 7.26. The monoisotopic (exact) mass is 483 g/mol. The van der Waals surface area contributed by atoms with Gasteiger partial charge in [0, 0.05) is 42.6 Å². The van der Waals surface area contributed by atoms with Gasteiger partial charge < -0.3 is 4.90 Å². The van der Waals surface area contributed by atoms with Gasteiger partial charge in [-0.15, -0.1) is 11.3 Å². The quantitative estimate of drug-likeness (QED) is 0.485. The Bertz CT molecular complexity index is 1130. The summed E-state index contributed by atoms with van der Waals surface area (Å²) < 4.78 is 27.4. The molecule has 1 atom stereocenters. The van der Waals surface area contributed by atoms with E-state index in [9.17, 15) is 23.3 Å². The first-order valence-electron chi connectivity index (χ1n) is 10.0. The summed E-state index contributed by atoms with van der Waals surface area (Å²) in [6, 6.07) is 5.47. The van der Waals surface area contributed by atoms with E-state index in [1.807, 2.05) is 11.8 Å². The molecule has 1 aromatic carbocycles. The Hall–Kier alpha value is -2.01. The highest BCUT2D eigenvalue weighted by atomic mass is 35.5. The Morgan fingerprint density at radius 3 is 2.61 bits per heavy atom. The Morgan fingerprint density at radius 2 is 1.94 bits per heavy atom. The van der Waals surface area contributed by atoms with E-state index in [0.717, 1.165) is 12.5 Å². The molecule has 0 saturated carbocycles. The zero-order valence-corrected chi connectivity index (χ0v) is 19.3. The molecule has 2 aliphatic rings. The molecule has 0 N–H and O–H groups in total. The maximum Gasteiger partial charge on any atom is 0.270 e. The Labute approximate surface area is 189 Å². The third-order valence-electron chi connectivity index (χ3n) is 6.11. The molecule has 4 rings (SSSR count). The normalized spacial score (nSPS) is 20.5. The molecule has 0 aliphatic carbocycles. The number of hydrogen-bond donors (Lipinski definition) is 0. The van der Waals surface area contributed by atoms with Crippen LogP contribution in [0.3, 0.4) is 0 Å². The third-order valence-corrected chi connectivity index (χ3v) is 9.48. The highest BCUT2D eigenvalue weighted by Crippen LogP contribution is 2.36. The summed E-state index contributed by atoms with van der Waals surface area (Å²) in [5, 5.41) is 13.0. The second-order valence-corrected chi connectivity index (χ2v) is 11.1. The van der Waals surface area contributed by atoms with E-state index in [-0.39, 0.29) is 46.6 Å². The van der Waals surface area contributed by atoms with Crippen molar-refractivity contribution in [3.8, 4) is 0 Å². The largest absolute Gasteiger partial charge is 0.335 e. The Balaban J connectivity index is 1.46. The lowest BCUT2D eigenvalue weighted by molar-refractivity contribution is -0.385. The number of halogens is 1. The summed E-state index contributed by atoms with van der Waals surface area (Å²) in [6.07, 6.45) is 1.66. The molecule has 0 unspecified atom stereocenters. The Morgan fingerprint density at radius 1 is 1.23 bits per heavy atom. The number of nitro benzene ring substituents is 1. The van der Waals surface area contributed by atoms with Gasteiger partial charge in [0.15, 0.2) is 0 Å². The van der Waals surface area contributed by atoms with Gasteiger partial charge in [-0.1, -0.05) is 11.6 Å². The number of benzene rings is 1. The number of rotatable bonds is 4. The average molecular weight is 484 g/mol. The zero-order chi connectivity index (χ0) is 22.3. The number of piperidine rings is 1. The summed E-state index contributed by atoms with van der Waals surface area (Å²) in [6.45, 7) is 3.05. The lowest BCUT2D eigenvalue weighted by atomic mass is 9.93. The second kappa shape index (κ2) is 8.50. The second-order valence-electron chi connectivity index (χ2n) is 7.81. The van der Waals surface area contributed by atoms with Crippen LogP contribution < -0.4 is 0 Å². The van der Waals surface area contributed by atoms with E-state index in [4.69, 9.17) is 11.6 Å². The molecule has 1 fully saturated rings. The van der Waals surface area contributed by atoms with Crippen LogP contribution in [0.2, 0.25) is 5.02 Å². The van der Waals surface area contributed by atoms with Crippen LogP contribution in [0.5, 0.6) is 0 Å². The third kappa shape index (κ3) is 4.09. The molecular weight excluding hydrogens is 462 g/mol. The fourth-order valence-electron chi connectivity index (χ4n) is 4.33. The topological polar surface area (TPSA) is 101 Å². The molecule has 2 aromatic rings. The van der Waals surface area contributed by atoms with E-state index in [1.165, 1.54) is 26.9 Å². The van der Waals surface area contributed by atoms with Crippen LogP contribution in [0.4, 0.5) is 5.69 Å². The van der Waals surface area contributed by atoms with E-state index in [2.05, 4.69) is 11.4 Å². The number of carbonyl (C=O) groups is 1. The van der Waals surface area contributed by atoms with Gasteiger partial charge in [-0.2, -0.15) is 4.31 Å². The van der Waals surface area contributed by atoms with Crippen LogP contribution in [-0.2, 0) is 21.2 Å². The van der Waals surface area contributed by atoms with Crippen molar-refractivity contribution in [3.63, 3.8) is 0 Å². The Kier molecular flexibility index (Phi) is 6.08. The minimum absolute atomic E-state index is 0.0212. The van der Waals surface area contributed by atoms with E-state index >= 15 is 0 Å². The smallest absolute Gasteiger partial charge is 0.270 e. The zero-order valence-electron chi connectivity index (χ0n) is 16.9. The maximum atomic E-state index is 13.2. The van der Waals surface area contributed by atoms with Gasteiger partial charge in [0.2, 0.25) is 15.9 Å². The summed E-state index contributed by atoms with van der Waals surface area (Å²) in [4.78, 5) is 26.5. The van der Waals surface area contributed by atoms with E-state index in [0.29, 0.717) is 19.4 Å². The molecule has 1 aromatic heterocycles. The van der Waals surface area contributed by atoms with Gasteiger partial charge in [-0.25, -0.2) is 8.42 Å². The maximum absolute atomic E-state index is 13.2. The van der Waals surface area contributed by atoms with Crippen LogP contribution in [0.15, 0.2) is 34.5 Å². The van der Waals surface area contributed by atoms with Gasteiger partial charge in [0.1, 0.15) is 4.90 Å².